The molecule has 5 N–H and O–H groups in total. The Morgan fingerprint density at radius 2 is 2.00 bits per heavy atom. The van der Waals surface area contributed by atoms with E-state index in [9.17, 15) is 9.59 Å². The first-order chi connectivity index (χ1) is 14.0. The Labute approximate surface area is 169 Å². The van der Waals surface area contributed by atoms with Gasteiger partial charge in [0, 0.05) is 12.2 Å². The number of aryl methyl sites for hydroxylation is 1. The summed E-state index contributed by atoms with van der Waals surface area (Å²) in [5.74, 6) is 0.0708. The molecule has 0 spiro atoms. The van der Waals surface area contributed by atoms with Gasteiger partial charge in [-0.1, -0.05) is 42.5 Å². The molecule has 3 atom stereocenters. The minimum absolute atomic E-state index is 0.0980. The Kier molecular flexibility index (Phi) is 5.31. The van der Waals surface area contributed by atoms with Crippen molar-refractivity contribution in [1.82, 2.24) is 20.9 Å². The smallest absolute Gasteiger partial charge is 0.242 e. The number of pyridine rings is 1. The number of fused-ring (bicyclic) bond motifs is 1. The fourth-order valence-electron chi connectivity index (χ4n) is 3.86. The summed E-state index contributed by atoms with van der Waals surface area (Å²) in [6.45, 7) is 2.32. The van der Waals surface area contributed by atoms with E-state index in [4.69, 9.17) is 5.73 Å². The minimum atomic E-state index is -0.635. The maximum Gasteiger partial charge on any atom is 0.242 e. The molecule has 1 aliphatic heterocycles. The molecule has 2 heterocycles. The van der Waals surface area contributed by atoms with Gasteiger partial charge in [-0.2, -0.15) is 0 Å². The molecular weight excluding hydrogens is 366 g/mol. The van der Waals surface area contributed by atoms with Crippen LogP contribution in [0, 0.1) is 0 Å². The first kappa shape index (κ1) is 19.1. The van der Waals surface area contributed by atoms with Crippen molar-refractivity contribution in [2.24, 2.45) is 0 Å². The van der Waals surface area contributed by atoms with E-state index in [-0.39, 0.29) is 17.9 Å². The number of anilines is 1. The second-order valence-corrected chi connectivity index (χ2v) is 7.52. The van der Waals surface area contributed by atoms with Crippen molar-refractivity contribution in [3.63, 3.8) is 0 Å². The molecule has 29 heavy (non-hydrogen) atoms. The number of rotatable bonds is 5. The van der Waals surface area contributed by atoms with Gasteiger partial charge < -0.3 is 16.4 Å². The molecule has 2 unspecified atom stereocenters. The summed E-state index contributed by atoms with van der Waals surface area (Å²) in [4.78, 5) is 29.5. The van der Waals surface area contributed by atoms with Crippen molar-refractivity contribution in [3.8, 4) is 0 Å². The summed E-state index contributed by atoms with van der Waals surface area (Å²) in [7, 11) is 0. The fraction of sp³-hybridized carbons (Fsp3) is 0.318. The fourth-order valence-corrected chi connectivity index (χ4v) is 3.86. The van der Waals surface area contributed by atoms with Crippen molar-refractivity contribution in [2.45, 2.75) is 37.9 Å². The molecule has 2 amide bonds. The molecule has 1 aliphatic carbocycles. The number of aromatic nitrogens is 1. The van der Waals surface area contributed by atoms with Crippen LogP contribution >= 0.6 is 0 Å². The Morgan fingerprint density at radius 1 is 1.21 bits per heavy atom. The average molecular weight is 391 g/mol. The topological polar surface area (TPSA) is 109 Å². The molecule has 1 aromatic heterocycles. The number of amides is 2. The van der Waals surface area contributed by atoms with Crippen LogP contribution in [0.4, 0.5) is 5.82 Å². The summed E-state index contributed by atoms with van der Waals surface area (Å²) in [6.07, 6.45) is 3.48. The van der Waals surface area contributed by atoms with Crippen molar-refractivity contribution >= 4 is 23.2 Å². The van der Waals surface area contributed by atoms with Crippen LogP contribution in [0.2, 0.25) is 0 Å². The number of nitrogen functional groups attached to an aromatic ring is 1. The predicted molar refractivity (Wildman–Crippen MR) is 112 cm³/mol. The summed E-state index contributed by atoms with van der Waals surface area (Å²) < 4.78 is 0. The lowest BCUT2D eigenvalue weighted by atomic mass is 10.1. The van der Waals surface area contributed by atoms with Gasteiger partial charge in [0.05, 0.1) is 6.04 Å². The third-order valence-electron chi connectivity index (χ3n) is 5.45. The second-order valence-electron chi connectivity index (χ2n) is 7.52. The molecule has 0 fully saturated rings. The summed E-state index contributed by atoms with van der Waals surface area (Å²) in [5, 5.41) is 9.01. The van der Waals surface area contributed by atoms with Gasteiger partial charge >= 0.3 is 0 Å². The Bertz CT molecular complexity index is 957. The maximum absolute atomic E-state index is 12.6. The number of hydrogen-bond donors (Lipinski definition) is 4. The van der Waals surface area contributed by atoms with Crippen LogP contribution in [0.3, 0.4) is 0 Å². The van der Waals surface area contributed by atoms with E-state index in [1.807, 2.05) is 42.5 Å². The van der Waals surface area contributed by atoms with Crippen molar-refractivity contribution < 1.29 is 9.59 Å². The number of nitrogens with zero attached hydrogens (tertiary/aromatic N) is 1. The number of nitrogens with two attached hydrogens (primary N) is 1. The van der Waals surface area contributed by atoms with E-state index < -0.39 is 12.1 Å². The standard InChI is InChI=1S/C22H25N5O2/c1-13(21(28)27-18-9-8-17-16(18)7-10-20(23)26-17)25-22(29)19-11-15(12-24-19)14-5-3-2-4-6-14/h2-7,10-11,13,18-19,24H,8-9,12H2,1H3,(H2,23,26)(H,25,29)(H,27,28)/t13?,18?,19-/m1/s1. The van der Waals surface area contributed by atoms with E-state index in [1.165, 1.54) is 0 Å². The van der Waals surface area contributed by atoms with Crippen LogP contribution < -0.4 is 21.7 Å². The molecule has 1 aromatic carbocycles. The first-order valence-corrected chi connectivity index (χ1v) is 9.87. The van der Waals surface area contributed by atoms with Gasteiger partial charge in [0.2, 0.25) is 11.8 Å². The van der Waals surface area contributed by atoms with E-state index in [2.05, 4.69) is 20.9 Å². The zero-order valence-corrected chi connectivity index (χ0v) is 16.3. The number of benzene rings is 1. The van der Waals surface area contributed by atoms with Gasteiger partial charge in [-0.15, -0.1) is 0 Å². The molecule has 2 aliphatic rings. The monoisotopic (exact) mass is 391 g/mol. The van der Waals surface area contributed by atoms with Gasteiger partial charge in [-0.05, 0) is 42.5 Å². The molecule has 4 rings (SSSR count). The highest BCUT2D eigenvalue weighted by atomic mass is 16.2. The minimum Gasteiger partial charge on any atom is -0.384 e. The Morgan fingerprint density at radius 3 is 2.79 bits per heavy atom. The van der Waals surface area contributed by atoms with Crippen LogP contribution in [0.25, 0.3) is 5.57 Å². The summed E-state index contributed by atoms with van der Waals surface area (Å²) in [5.41, 5.74) is 9.83. The Balaban J connectivity index is 1.34. The third kappa shape index (κ3) is 4.14. The van der Waals surface area contributed by atoms with E-state index >= 15 is 0 Å². The number of carbonyl (C=O) groups is 2. The summed E-state index contributed by atoms with van der Waals surface area (Å²) in [6, 6.07) is 12.4. The third-order valence-corrected chi connectivity index (χ3v) is 5.45. The molecule has 7 heteroatoms. The van der Waals surface area contributed by atoms with E-state index in [0.717, 1.165) is 35.2 Å². The Hall–Kier alpha value is -3.19. The van der Waals surface area contributed by atoms with Gasteiger partial charge in [-0.3, -0.25) is 14.9 Å². The molecule has 0 saturated heterocycles. The lowest BCUT2D eigenvalue weighted by Gasteiger charge is -2.20. The number of hydrogen-bond acceptors (Lipinski definition) is 5. The van der Waals surface area contributed by atoms with Crippen molar-refractivity contribution in [3.05, 3.63) is 65.4 Å². The van der Waals surface area contributed by atoms with Crippen LogP contribution in [0.5, 0.6) is 0 Å². The molecular formula is C22H25N5O2. The highest BCUT2D eigenvalue weighted by Crippen LogP contribution is 2.30. The molecule has 7 nitrogen and oxygen atoms in total. The second kappa shape index (κ2) is 8.05. The zero-order valence-electron chi connectivity index (χ0n) is 16.3. The normalized spacial score (nSPS) is 21.2. The quantitative estimate of drug-likeness (QED) is 0.615. The largest absolute Gasteiger partial charge is 0.384 e. The van der Waals surface area contributed by atoms with Gasteiger partial charge in [0.1, 0.15) is 17.9 Å². The molecule has 2 aromatic rings. The number of carbonyl (C=O) groups excluding carboxylic acids is 2. The van der Waals surface area contributed by atoms with Gasteiger partial charge in [0.15, 0.2) is 0 Å². The average Bonchev–Trinajstić information content (AvgIpc) is 3.36. The molecule has 0 bridgehead atoms. The lowest BCUT2D eigenvalue weighted by Crippen LogP contribution is -2.50. The van der Waals surface area contributed by atoms with E-state index in [0.29, 0.717) is 12.4 Å². The first-order valence-electron chi connectivity index (χ1n) is 9.87. The van der Waals surface area contributed by atoms with Crippen LogP contribution in [0.1, 0.15) is 36.2 Å². The van der Waals surface area contributed by atoms with Crippen LogP contribution in [-0.2, 0) is 16.0 Å². The van der Waals surface area contributed by atoms with Crippen molar-refractivity contribution in [1.29, 1.82) is 0 Å². The predicted octanol–water partition coefficient (Wildman–Crippen LogP) is 1.33. The SMILES string of the molecule is CC(NC(=O)[C@H]1C=C(c2ccccc2)CN1)C(=O)NC1CCc2nc(N)ccc21. The van der Waals surface area contributed by atoms with E-state index in [1.54, 1.807) is 13.0 Å². The van der Waals surface area contributed by atoms with Crippen molar-refractivity contribution in [2.75, 3.05) is 12.3 Å². The molecule has 150 valence electrons. The molecule has 0 radical (unpaired) electrons. The number of nitrogens with one attached hydrogen (secondary N) is 3. The van der Waals surface area contributed by atoms with Gasteiger partial charge in [0.25, 0.3) is 0 Å². The maximum atomic E-state index is 12.6. The van der Waals surface area contributed by atoms with Crippen LogP contribution in [0.15, 0.2) is 48.5 Å². The van der Waals surface area contributed by atoms with Crippen LogP contribution in [-0.4, -0.2) is 35.4 Å². The zero-order chi connectivity index (χ0) is 20.4. The lowest BCUT2D eigenvalue weighted by molar-refractivity contribution is -0.129. The highest BCUT2D eigenvalue weighted by molar-refractivity contribution is 5.92. The molecule has 0 saturated carbocycles. The summed E-state index contributed by atoms with van der Waals surface area (Å²) >= 11 is 0. The van der Waals surface area contributed by atoms with Gasteiger partial charge in [-0.25, -0.2) is 4.98 Å². The highest BCUT2D eigenvalue weighted by Gasteiger charge is 2.29.